The molecule has 0 amide bonds. The van der Waals surface area contributed by atoms with Gasteiger partial charge in [0.15, 0.2) is 17.5 Å². The van der Waals surface area contributed by atoms with E-state index >= 15 is 0 Å². The minimum absolute atomic E-state index is 0.123. The van der Waals surface area contributed by atoms with Crippen LogP contribution in [-0.4, -0.2) is 9.91 Å². The van der Waals surface area contributed by atoms with Gasteiger partial charge in [0.05, 0.1) is 4.92 Å². The first kappa shape index (κ1) is 13.7. The predicted octanol–water partition coefficient (Wildman–Crippen LogP) is 2.95. The van der Waals surface area contributed by atoms with Crippen molar-refractivity contribution in [1.82, 2.24) is 4.98 Å². The zero-order valence-electron chi connectivity index (χ0n) is 10.3. The second kappa shape index (κ2) is 5.08. The number of pyridine rings is 1. The molecule has 0 unspecified atom stereocenters. The molecular formula is C12H9F2N3O3. The number of rotatable bonds is 3. The minimum Gasteiger partial charge on any atom is -0.436 e. The first-order valence-corrected chi connectivity index (χ1v) is 5.43. The maximum absolute atomic E-state index is 13.5. The van der Waals surface area contributed by atoms with Crippen molar-refractivity contribution in [2.45, 2.75) is 6.92 Å². The average molecular weight is 281 g/mol. The van der Waals surface area contributed by atoms with Gasteiger partial charge >= 0.3 is 0 Å². The van der Waals surface area contributed by atoms with Crippen LogP contribution in [0.5, 0.6) is 11.6 Å². The van der Waals surface area contributed by atoms with Crippen LogP contribution in [0.25, 0.3) is 0 Å². The summed E-state index contributed by atoms with van der Waals surface area (Å²) in [6, 6.07) is 4.32. The van der Waals surface area contributed by atoms with Gasteiger partial charge in [-0.2, -0.15) is 4.98 Å². The van der Waals surface area contributed by atoms with Crippen LogP contribution in [0.1, 0.15) is 5.56 Å². The molecule has 2 N–H and O–H groups in total. The molecule has 0 atom stereocenters. The fourth-order valence-corrected chi connectivity index (χ4v) is 1.50. The molecule has 0 bridgehead atoms. The topological polar surface area (TPSA) is 91.3 Å². The van der Waals surface area contributed by atoms with E-state index < -0.39 is 28.3 Å². The summed E-state index contributed by atoms with van der Waals surface area (Å²) in [5.74, 6) is -2.85. The van der Waals surface area contributed by atoms with E-state index in [0.717, 1.165) is 0 Å². The molecule has 0 aliphatic carbocycles. The van der Waals surface area contributed by atoms with Gasteiger partial charge in [-0.05, 0) is 18.6 Å². The van der Waals surface area contributed by atoms with Crippen molar-refractivity contribution in [2.24, 2.45) is 0 Å². The number of nitro benzene ring substituents is 1. The van der Waals surface area contributed by atoms with Gasteiger partial charge in [-0.15, -0.1) is 0 Å². The Morgan fingerprint density at radius 3 is 2.60 bits per heavy atom. The van der Waals surface area contributed by atoms with E-state index in [4.69, 9.17) is 10.5 Å². The van der Waals surface area contributed by atoms with Gasteiger partial charge in [0, 0.05) is 18.2 Å². The van der Waals surface area contributed by atoms with Gasteiger partial charge in [0.1, 0.15) is 5.75 Å². The van der Waals surface area contributed by atoms with Crippen LogP contribution in [0.3, 0.4) is 0 Å². The number of non-ortho nitro benzene ring substituents is 1. The van der Waals surface area contributed by atoms with Crippen molar-refractivity contribution in [3.63, 3.8) is 0 Å². The third kappa shape index (κ3) is 2.63. The molecule has 2 aromatic rings. The second-order valence-electron chi connectivity index (χ2n) is 3.95. The van der Waals surface area contributed by atoms with E-state index in [2.05, 4.69) is 4.98 Å². The maximum atomic E-state index is 13.5. The predicted molar refractivity (Wildman–Crippen MR) is 66.5 cm³/mol. The number of nitrogen functional groups attached to an aromatic ring is 1. The molecule has 104 valence electrons. The van der Waals surface area contributed by atoms with Crippen LogP contribution in [-0.2, 0) is 0 Å². The number of hydrogen-bond acceptors (Lipinski definition) is 5. The van der Waals surface area contributed by atoms with Crippen molar-refractivity contribution in [3.05, 3.63) is 51.6 Å². The van der Waals surface area contributed by atoms with Crippen LogP contribution in [0.2, 0.25) is 0 Å². The lowest BCUT2D eigenvalue weighted by atomic mass is 10.2. The summed E-state index contributed by atoms with van der Waals surface area (Å²) in [6.45, 7) is 1.55. The van der Waals surface area contributed by atoms with Crippen LogP contribution >= 0.6 is 0 Å². The van der Waals surface area contributed by atoms with Crippen LogP contribution in [0, 0.1) is 28.7 Å². The Hall–Kier alpha value is -2.77. The van der Waals surface area contributed by atoms with E-state index in [1.54, 1.807) is 6.92 Å². The van der Waals surface area contributed by atoms with Gasteiger partial charge in [-0.3, -0.25) is 10.1 Å². The summed E-state index contributed by atoms with van der Waals surface area (Å²) in [5, 5.41) is 10.6. The van der Waals surface area contributed by atoms with E-state index in [-0.39, 0.29) is 11.4 Å². The molecule has 1 aromatic heterocycles. The molecule has 8 heteroatoms. The SMILES string of the molecule is Cc1cc([N+](=O)[O-])ccc1Oc1nc(N)c(F)cc1F. The zero-order chi connectivity index (χ0) is 14.9. The Kier molecular flexibility index (Phi) is 3.47. The summed E-state index contributed by atoms with van der Waals surface area (Å²) in [6.07, 6.45) is 0. The second-order valence-corrected chi connectivity index (χ2v) is 3.95. The molecule has 0 saturated heterocycles. The number of aromatic nitrogens is 1. The number of anilines is 1. The Morgan fingerprint density at radius 1 is 1.30 bits per heavy atom. The number of ether oxygens (including phenoxy) is 1. The highest BCUT2D eigenvalue weighted by Crippen LogP contribution is 2.29. The molecule has 1 aromatic carbocycles. The van der Waals surface area contributed by atoms with E-state index in [1.165, 1.54) is 18.2 Å². The number of halogens is 2. The molecule has 20 heavy (non-hydrogen) atoms. The third-order valence-electron chi connectivity index (χ3n) is 2.50. The summed E-state index contributed by atoms with van der Waals surface area (Å²) in [5.41, 5.74) is 5.51. The number of benzene rings is 1. The number of nitrogens with two attached hydrogens (primary N) is 1. The molecule has 0 saturated carbocycles. The summed E-state index contributed by atoms with van der Waals surface area (Å²) < 4.78 is 31.6. The third-order valence-corrected chi connectivity index (χ3v) is 2.50. The van der Waals surface area contributed by atoms with Gasteiger partial charge in [0.2, 0.25) is 0 Å². The van der Waals surface area contributed by atoms with E-state index in [0.29, 0.717) is 11.6 Å². The molecule has 0 aliphatic rings. The highest BCUT2D eigenvalue weighted by Gasteiger charge is 2.14. The van der Waals surface area contributed by atoms with Crippen molar-refractivity contribution in [1.29, 1.82) is 0 Å². The molecule has 6 nitrogen and oxygen atoms in total. The van der Waals surface area contributed by atoms with Gasteiger partial charge < -0.3 is 10.5 Å². The Bertz CT molecular complexity index is 692. The van der Waals surface area contributed by atoms with E-state index in [9.17, 15) is 18.9 Å². The highest BCUT2D eigenvalue weighted by molar-refractivity contribution is 5.45. The Morgan fingerprint density at radius 2 is 2.00 bits per heavy atom. The molecular weight excluding hydrogens is 272 g/mol. The first-order valence-electron chi connectivity index (χ1n) is 5.43. The fourth-order valence-electron chi connectivity index (χ4n) is 1.50. The fraction of sp³-hybridized carbons (Fsp3) is 0.0833. The van der Waals surface area contributed by atoms with Crippen molar-refractivity contribution in [2.75, 3.05) is 5.73 Å². The molecule has 0 spiro atoms. The van der Waals surface area contributed by atoms with Crippen LogP contribution in [0.4, 0.5) is 20.3 Å². The monoisotopic (exact) mass is 281 g/mol. The number of hydrogen-bond donors (Lipinski definition) is 1. The highest BCUT2D eigenvalue weighted by atomic mass is 19.1. The normalized spacial score (nSPS) is 10.3. The lowest BCUT2D eigenvalue weighted by molar-refractivity contribution is -0.384. The lowest BCUT2D eigenvalue weighted by Gasteiger charge is -2.09. The number of nitro groups is 1. The minimum atomic E-state index is -1.02. The molecule has 0 fully saturated rings. The molecule has 1 heterocycles. The lowest BCUT2D eigenvalue weighted by Crippen LogP contribution is -2.01. The van der Waals surface area contributed by atoms with Crippen molar-refractivity contribution < 1.29 is 18.4 Å². The summed E-state index contributed by atoms with van der Waals surface area (Å²) in [4.78, 5) is 13.5. The average Bonchev–Trinajstić information content (AvgIpc) is 2.37. The maximum Gasteiger partial charge on any atom is 0.269 e. The molecule has 2 rings (SSSR count). The quantitative estimate of drug-likeness (QED) is 0.689. The van der Waals surface area contributed by atoms with Gasteiger partial charge in [0.25, 0.3) is 11.6 Å². The van der Waals surface area contributed by atoms with Gasteiger partial charge in [-0.1, -0.05) is 0 Å². The Balaban J connectivity index is 2.35. The van der Waals surface area contributed by atoms with E-state index in [1.807, 2.05) is 0 Å². The largest absolute Gasteiger partial charge is 0.436 e. The summed E-state index contributed by atoms with van der Waals surface area (Å²) in [7, 11) is 0. The number of aryl methyl sites for hydroxylation is 1. The summed E-state index contributed by atoms with van der Waals surface area (Å²) >= 11 is 0. The first-order chi connectivity index (χ1) is 9.38. The van der Waals surface area contributed by atoms with Gasteiger partial charge in [-0.25, -0.2) is 8.78 Å². The Labute approximate surface area is 112 Å². The molecule has 0 aliphatic heterocycles. The van der Waals surface area contributed by atoms with Crippen molar-refractivity contribution in [3.8, 4) is 11.6 Å². The smallest absolute Gasteiger partial charge is 0.269 e. The molecule has 0 radical (unpaired) electrons. The zero-order valence-corrected chi connectivity index (χ0v) is 10.3. The van der Waals surface area contributed by atoms with Crippen LogP contribution in [0.15, 0.2) is 24.3 Å². The van der Waals surface area contributed by atoms with Crippen LogP contribution < -0.4 is 10.5 Å². The van der Waals surface area contributed by atoms with Crippen molar-refractivity contribution >= 4 is 11.5 Å². The standard InChI is InChI=1S/C12H9F2N3O3/c1-6-4-7(17(18)19)2-3-10(6)20-12-9(14)5-8(13)11(15)16-12/h2-5H,1H3,(H2,15,16). The number of nitrogens with zero attached hydrogens (tertiary/aromatic N) is 2.